The van der Waals surface area contributed by atoms with Crippen molar-refractivity contribution in [2.75, 3.05) is 6.54 Å². The van der Waals surface area contributed by atoms with E-state index in [1.165, 1.54) is 0 Å². The Labute approximate surface area is 196 Å². The van der Waals surface area contributed by atoms with Crippen LogP contribution < -0.4 is 0 Å². The highest BCUT2D eigenvalue weighted by atomic mass is 19.1. The van der Waals surface area contributed by atoms with Gasteiger partial charge in [0, 0.05) is 39.9 Å². The molecular formula is C16H21FN12O6. The van der Waals surface area contributed by atoms with Crippen LogP contribution in [0.4, 0.5) is 4.39 Å². The molecule has 0 aromatic rings. The summed E-state index contributed by atoms with van der Waals surface area (Å²) in [6.07, 6.45) is -9.03. The highest BCUT2D eigenvalue weighted by Crippen LogP contribution is 2.35. The van der Waals surface area contributed by atoms with Crippen LogP contribution in [0.2, 0.25) is 0 Å². The van der Waals surface area contributed by atoms with Crippen LogP contribution in [0.1, 0.15) is 26.7 Å². The van der Waals surface area contributed by atoms with Gasteiger partial charge in [0.2, 0.25) is 0 Å². The van der Waals surface area contributed by atoms with Gasteiger partial charge in [-0.15, -0.1) is 0 Å². The van der Waals surface area contributed by atoms with Crippen LogP contribution in [0.3, 0.4) is 0 Å². The largest absolute Gasteiger partial charge is 0.458 e. The second kappa shape index (κ2) is 13.1. The third kappa shape index (κ3) is 7.25. The van der Waals surface area contributed by atoms with Gasteiger partial charge in [0.15, 0.2) is 12.4 Å². The fraction of sp³-hybridized carbons (Fsp3) is 0.875. The molecule has 1 aliphatic carbocycles. The monoisotopic (exact) mass is 496 g/mol. The van der Waals surface area contributed by atoms with Gasteiger partial charge in [-0.05, 0) is 28.5 Å². The van der Waals surface area contributed by atoms with E-state index in [4.69, 9.17) is 41.1 Å². The Morgan fingerprint density at radius 2 is 1.46 bits per heavy atom. The van der Waals surface area contributed by atoms with Crippen LogP contribution in [0.15, 0.2) is 20.5 Å². The lowest BCUT2D eigenvalue weighted by molar-refractivity contribution is -0.264. The SMILES string of the molecule is CC(=O)O[C@H]1[C@H](O[C@H]2O[C@H](CN=[N+]=[N-])C[C@@H](F)C2N=[N+]=[N-])C(N=[N+]=[N-])CC(N=[N+]=[N-])[C@@H]1OC(C)=O. The fourth-order valence-electron chi connectivity index (χ4n) is 3.92. The van der Waals surface area contributed by atoms with Gasteiger partial charge < -0.3 is 18.9 Å². The highest BCUT2D eigenvalue weighted by molar-refractivity contribution is 5.67. The van der Waals surface area contributed by atoms with Gasteiger partial charge >= 0.3 is 11.9 Å². The smallest absolute Gasteiger partial charge is 0.303 e. The minimum Gasteiger partial charge on any atom is -0.458 e. The first kappa shape index (κ1) is 27.3. The number of nitrogens with zero attached hydrogens (tertiary/aromatic N) is 12. The van der Waals surface area contributed by atoms with E-state index in [1.54, 1.807) is 0 Å². The van der Waals surface area contributed by atoms with Crippen molar-refractivity contribution in [2.45, 2.75) is 81.7 Å². The molecule has 188 valence electrons. The van der Waals surface area contributed by atoms with Crippen molar-refractivity contribution < 1.29 is 32.9 Å². The molecule has 0 radical (unpaired) electrons. The molecule has 2 fully saturated rings. The second-order valence-electron chi connectivity index (χ2n) is 7.52. The summed E-state index contributed by atoms with van der Waals surface area (Å²) in [7, 11) is 0. The minimum absolute atomic E-state index is 0.200. The Bertz CT molecular complexity index is 990. The number of azide groups is 4. The molecule has 0 aromatic carbocycles. The molecule has 1 saturated heterocycles. The van der Waals surface area contributed by atoms with E-state index >= 15 is 0 Å². The number of halogens is 1. The number of hydrogen-bond donors (Lipinski definition) is 0. The zero-order valence-electron chi connectivity index (χ0n) is 18.5. The van der Waals surface area contributed by atoms with E-state index in [-0.39, 0.29) is 19.4 Å². The summed E-state index contributed by atoms with van der Waals surface area (Å²) in [5, 5.41) is 13.9. The van der Waals surface area contributed by atoms with Crippen molar-refractivity contribution in [3.63, 3.8) is 0 Å². The maximum atomic E-state index is 14.8. The summed E-state index contributed by atoms with van der Waals surface area (Å²) < 4.78 is 36.9. The number of alkyl halides is 1. The van der Waals surface area contributed by atoms with Crippen molar-refractivity contribution in [1.82, 2.24) is 0 Å². The first-order valence-electron chi connectivity index (χ1n) is 10.2. The summed E-state index contributed by atoms with van der Waals surface area (Å²) >= 11 is 0. The van der Waals surface area contributed by atoms with E-state index in [0.717, 1.165) is 13.8 Å². The van der Waals surface area contributed by atoms with Crippen LogP contribution in [0, 0.1) is 0 Å². The summed E-state index contributed by atoms with van der Waals surface area (Å²) in [4.78, 5) is 34.2. The number of rotatable bonds is 9. The van der Waals surface area contributed by atoms with Crippen LogP contribution in [-0.2, 0) is 28.5 Å². The molecule has 35 heavy (non-hydrogen) atoms. The maximum Gasteiger partial charge on any atom is 0.303 e. The summed E-state index contributed by atoms with van der Waals surface area (Å²) in [5.41, 5.74) is 35.4. The number of carbonyl (C=O) groups excluding carboxylic acids is 2. The lowest BCUT2D eigenvalue weighted by Gasteiger charge is -2.45. The van der Waals surface area contributed by atoms with Crippen LogP contribution in [0.5, 0.6) is 0 Å². The van der Waals surface area contributed by atoms with E-state index in [9.17, 15) is 14.0 Å². The van der Waals surface area contributed by atoms with E-state index < -0.39 is 66.9 Å². The maximum absolute atomic E-state index is 14.8. The normalized spacial score (nSPS) is 34.0. The Morgan fingerprint density at radius 1 is 0.886 bits per heavy atom. The zero-order valence-corrected chi connectivity index (χ0v) is 18.5. The molecule has 0 amide bonds. The molecule has 0 aromatic heterocycles. The quantitative estimate of drug-likeness (QED) is 0.199. The Kier molecular flexibility index (Phi) is 10.2. The molecular weight excluding hydrogens is 475 g/mol. The Balaban J connectivity index is 2.51. The van der Waals surface area contributed by atoms with Gasteiger partial charge in [-0.2, -0.15) is 0 Å². The van der Waals surface area contributed by atoms with E-state index in [0.29, 0.717) is 0 Å². The van der Waals surface area contributed by atoms with Gasteiger partial charge in [0.1, 0.15) is 24.4 Å². The van der Waals surface area contributed by atoms with Gasteiger partial charge in [0.25, 0.3) is 0 Å². The molecule has 3 unspecified atom stereocenters. The lowest BCUT2D eigenvalue weighted by Crippen LogP contribution is -2.61. The predicted molar refractivity (Wildman–Crippen MR) is 112 cm³/mol. The lowest BCUT2D eigenvalue weighted by atomic mass is 9.84. The van der Waals surface area contributed by atoms with Crippen molar-refractivity contribution >= 4 is 11.9 Å². The van der Waals surface area contributed by atoms with Gasteiger partial charge in [-0.25, -0.2) is 4.39 Å². The molecule has 18 nitrogen and oxygen atoms in total. The molecule has 0 spiro atoms. The second-order valence-corrected chi connectivity index (χ2v) is 7.52. The summed E-state index contributed by atoms with van der Waals surface area (Å²) in [6.45, 7) is 1.87. The van der Waals surface area contributed by atoms with Gasteiger partial charge in [-0.3, -0.25) is 9.59 Å². The predicted octanol–water partition coefficient (Wildman–Crippen LogP) is 3.44. The Hall–Kier alpha value is -3.97. The molecule has 1 aliphatic heterocycles. The third-order valence-electron chi connectivity index (χ3n) is 5.18. The molecule has 1 heterocycles. The van der Waals surface area contributed by atoms with Gasteiger partial charge in [0.05, 0.1) is 24.7 Å². The topological polar surface area (TPSA) is 266 Å². The van der Waals surface area contributed by atoms with Crippen molar-refractivity contribution in [3.8, 4) is 0 Å². The number of esters is 2. The average Bonchev–Trinajstić information content (AvgIpc) is 2.79. The molecule has 0 N–H and O–H groups in total. The summed E-state index contributed by atoms with van der Waals surface area (Å²) in [6, 6.07) is -3.79. The number of carbonyl (C=O) groups is 2. The third-order valence-corrected chi connectivity index (χ3v) is 5.18. The molecule has 1 saturated carbocycles. The minimum atomic E-state index is -1.77. The first-order valence-corrected chi connectivity index (χ1v) is 10.2. The van der Waals surface area contributed by atoms with Gasteiger partial charge in [-0.1, -0.05) is 20.5 Å². The van der Waals surface area contributed by atoms with Crippen molar-refractivity contribution in [2.24, 2.45) is 20.5 Å². The van der Waals surface area contributed by atoms with Crippen LogP contribution >= 0.6 is 0 Å². The standard InChI is InChI=1S/C16H21FN12O6/c1-6(30)32-13-10(23-27-19)4-11(24-28-20)14(15(13)33-7(2)31)35-16-12(25-29-21)9(17)3-8(34-16)5-22-26-18/h8-16H,3-5H2,1-2H3/t8-,9+,10?,11?,12?,13-,14+,15+,16+/m0/s1. The molecule has 0 bridgehead atoms. The number of hydrogen-bond acceptors (Lipinski definition) is 10. The van der Waals surface area contributed by atoms with Crippen LogP contribution in [0.25, 0.3) is 41.8 Å². The van der Waals surface area contributed by atoms with Crippen molar-refractivity contribution in [1.29, 1.82) is 0 Å². The van der Waals surface area contributed by atoms with E-state index in [1.807, 2.05) is 0 Å². The van der Waals surface area contributed by atoms with E-state index in [2.05, 4.69) is 40.1 Å². The average molecular weight is 496 g/mol. The molecule has 9 atom stereocenters. The molecule has 19 heteroatoms. The number of ether oxygens (including phenoxy) is 4. The highest BCUT2D eigenvalue weighted by Gasteiger charge is 2.51. The van der Waals surface area contributed by atoms with Crippen molar-refractivity contribution in [3.05, 3.63) is 41.8 Å². The Morgan fingerprint density at radius 3 is 2.00 bits per heavy atom. The fourth-order valence-corrected chi connectivity index (χ4v) is 3.92. The molecule has 2 rings (SSSR count). The summed E-state index contributed by atoms with van der Waals surface area (Å²) in [5.74, 6) is -1.65. The van der Waals surface area contributed by atoms with Crippen LogP contribution in [-0.4, -0.2) is 73.5 Å². The zero-order chi connectivity index (χ0) is 26.0. The molecule has 2 aliphatic rings. The first-order chi connectivity index (χ1) is 16.7.